The molecule has 1 heterocycles. The minimum atomic E-state index is -0.136. The summed E-state index contributed by atoms with van der Waals surface area (Å²) in [5.74, 6) is 0.284. The first-order valence-corrected chi connectivity index (χ1v) is 12.6. The number of carbonyl (C=O) groups excluding carboxylic acids is 2. The lowest BCUT2D eigenvalue weighted by Crippen LogP contribution is -2.51. The summed E-state index contributed by atoms with van der Waals surface area (Å²) in [6.07, 6.45) is 4.98. The van der Waals surface area contributed by atoms with Crippen LogP contribution >= 0.6 is 0 Å². The molecule has 7 heteroatoms. The number of amides is 2. The molecule has 1 aliphatic heterocycles. The highest BCUT2D eigenvalue weighted by Gasteiger charge is 2.35. The van der Waals surface area contributed by atoms with Crippen LogP contribution in [0, 0.1) is 11.3 Å². The molecule has 0 aromatic heterocycles. The van der Waals surface area contributed by atoms with Crippen LogP contribution in [0.25, 0.3) is 0 Å². The molecule has 2 aromatic carbocycles. The van der Waals surface area contributed by atoms with E-state index in [-0.39, 0.29) is 29.8 Å². The number of nitrogen functional groups attached to an aromatic ring is 1. The summed E-state index contributed by atoms with van der Waals surface area (Å²) < 4.78 is 4.94. The van der Waals surface area contributed by atoms with Crippen LogP contribution in [0.1, 0.15) is 61.1 Å². The maximum absolute atomic E-state index is 13.8. The fourth-order valence-electron chi connectivity index (χ4n) is 5.44. The van der Waals surface area contributed by atoms with E-state index in [0.29, 0.717) is 12.5 Å². The Kier molecular flexibility index (Phi) is 8.06. The van der Waals surface area contributed by atoms with Gasteiger partial charge in [-0.25, -0.2) is 4.79 Å². The fraction of sp³-hybridized carbons (Fsp3) is 0.464. The van der Waals surface area contributed by atoms with Gasteiger partial charge in [0.2, 0.25) is 0 Å². The van der Waals surface area contributed by atoms with Gasteiger partial charge in [0.25, 0.3) is 0 Å². The first-order valence-electron chi connectivity index (χ1n) is 12.6. The second-order valence-electron chi connectivity index (χ2n) is 9.72. The van der Waals surface area contributed by atoms with Gasteiger partial charge in [0.15, 0.2) is 0 Å². The Labute approximate surface area is 207 Å². The number of carbonyl (C=O) groups is 2. The van der Waals surface area contributed by atoms with Gasteiger partial charge in [0.05, 0.1) is 13.0 Å². The van der Waals surface area contributed by atoms with E-state index in [2.05, 4.69) is 24.3 Å². The number of nitrogens with one attached hydrogen (secondary N) is 1. The number of methoxy groups -OCH3 is 1. The maximum atomic E-state index is 13.8. The number of urea groups is 1. The second-order valence-corrected chi connectivity index (χ2v) is 9.72. The van der Waals surface area contributed by atoms with Gasteiger partial charge < -0.3 is 20.3 Å². The van der Waals surface area contributed by atoms with E-state index in [9.17, 15) is 9.59 Å². The summed E-state index contributed by atoms with van der Waals surface area (Å²) >= 11 is 0. The monoisotopic (exact) mass is 476 g/mol. The summed E-state index contributed by atoms with van der Waals surface area (Å²) in [6, 6.07) is 18.3. The van der Waals surface area contributed by atoms with Gasteiger partial charge in [-0.05, 0) is 55.6 Å². The first-order chi connectivity index (χ1) is 17.0. The number of piperidine rings is 1. The molecular weight excluding hydrogens is 440 g/mol. The number of likely N-dealkylation sites (tertiary alicyclic amines) is 1. The Hall–Kier alpha value is -3.35. The number of amidine groups is 1. The van der Waals surface area contributed by atoms with Gasteiger partial charge in [0.1, 0.15) is 5.84 Å². The molecule has 1 aliphatic carbocycles. The van der Waals surface area contributed by atoms with Crippen molar-refractivity contribution < 1.29 is 14.3 Å². The smallest absolute Gasteiger partial charge is 0.320 e. The van der Waals surface area contributed by atoms with Crippen molar-refractivity contribution in [1.82, 2.24) is 9.80 Å². The minimum Gasteiger partial charge on any atom is -0.469 e. The first kappa shape index (κ1) is 24.8. The number of hydrogen-bond acceptors (Lipinski definition) is 4. The van der Waals surface area contributed by atoms with Crippen molar-refractivity contribution in [3.63, 3.8) is 0 Å². The van der Waals surface area contributed by atoms with Crippen molar-refractivity contribution in [3.8, 4) is 0 Å². The number of nitrogens with zero attached hydrogens (tertiary/aromatic N) is 2. The number of ether oxygens (including phenoxy) is 1. The Balaban J connectivity index is 1.41. The van der Waals surface area contributed by atoms with E-state index in [1.165, 1.54) is 12.7 Å². The molecular formula is C28H36N4O3. The molecule has 1 saturated carbocycles. The predicted molar refractivity (Wildman–Crippen MR) is 136 cm³/mol. The van der Waals surface area contributed by atoms with E-state index in [1.54, 1.807) is 0 Å². The third-order valence-electron chi connectivity index (χ3n) is 7.57. The Bertz CT molecular complexity index is 1010. The standard InChI is InChI=1S/C28H36N4O3/c1-35-27(33)24-11-13-25(14-12-24)32(19-20-5-3-2-4-6-20)28(34)31-17-15-22(16-18-31)21-7-9-23(10-8-21)26(29)30/h2-10,22,24-25H,11-19H2,1H3,(H3,29,30). The molecule has 7 nitrogen and oxygen atoms in total. The second kappa shape index (κ2) is 11.4. The number of hydrogen-bond donors (Lipinski definition) is 2. The zero-order valence-electron chi connectivity index (χ0n) is 20.5. The number of benzene rings is 2. The molecule has 2 aromatic rings. The SMILES string of the molecule is COC(=O)C1CCC(N(Cc2ccccc2)C(=O)N2CCC(c3ccc(C(=N)N)cc3)CC2)CC1. The fourth-order valence-corrected chi connectivity index (χ4v) is 5.44. The highest BCUT2D eigenvalue weighted by atomic mass is 16.5. The van der Waals surface area contributed by atoms with Crippen molar-refractivity contribution in [3.05, 3.63) is 71.3 Å². The molecule has 0 bridgehead atoms. The molecule has 3 N–H and O–H groups in total. The summed E-state index contributed by atoms with van der Waals surface area (Å²) in [4.78, 5) is 29.8. The lowest BCUT2D eigenvalue weighted by molar-refractivity contribution is -0.146. The zero-order chi connectivity index (χ0) is 24.8. The molecule has 35 heavy (non-hydrogen) atoms. The van der Waals surface area contributed by atoms with Crippen molar-refractivity contribution in [2.75, 3.05) is 20.2 Å². The molecule has 186 valence electrons. The molecule has 2 aliphatic rings. The average molecular weight is 477 g/mol. The Morgan fingerprint density at radius 3 is 2.17 bits per heavy atom. The third kappa shape index (κ3) is 6.02. The van der Waals surface area contributed by atoms with Crippen molar-refractivity contribution in [1.29, 1.82) is 5.41 Å². The van der Waals surface area contributed by atoms with E-state index >= 15 is 0 Å². The van der Waals surface area contributed by atoms with Crippen LogP contribution in [-0.4, -0.2) is 53.9 Å². The van der Waals surface area contributed by atoms with Crippen LogP contribution in [-0.2, 0) is 16.1 Å². The minimum absolute atomic E-state index is 0.0601. The van der Waals surface area contributed by atoms with Crippen LogP contribution < -0.4 is 5.73 Å². The van der Waals surface area contributed by atoms with Crippen molar-refractivity contribution in [2.24, 2.45) is 11.7 Å². The maximum Gasteiger partial charge on any atom is 0.320 e. The van der Waals surface area contributed by atoms with Gasteiger partial charge in [-0.15, -0.1) is 0 Å². The molecule has 1 saturated heterocycles. The van der Waals surface area contributed by atoms with Crippen LogP contribution in [0.4, 0.5) is 4.79 Å². The summed E-state index contributed by atoms with van der Waals surface area (Å²) in [6.45, 7) is 2.03. The Morgan fingerprint density at radius 2 is 1.60 bits per heavy atom. The largest absolute Gasteiger partial charge is 0.469 e. The molecule has 2 amide bonds. The van der Waals surface area contributed by atoms with Crippen LogP contribution in [0.3, 0.4) is 0 Å². The van der Waals surface area contributed by atoms with E-state index in [0.717, 1.165) is 62.7 Å². The van der Waals surface area contributed by atoms with Gasteiger partial charge in [-0.2, -0.15) is 0 Å². The normalized spacial score (nSPS) is 20.8. The third-order valence-corrected chi connectivity index (χ3v) is 7.57. The average Bonchev–Trinajstić information content (AvgIpc) is 2.92. The predicted octanol–water partition coefficient (Wildman–Crippen LogP) is 4.50. The zero-order valence-corrected chi connectivity index (χ0v) is 20.5. The number of esters is 1. The van der Waals surface area contributed by atoms with Crippen LogP contribution in [0.2, 0.25) is 0 Å². The van der Waals surface area contributed by atoms with Crippen molar-refractivity contribution in [2.45, 2.75) is 57.0 Å². The highest BCUT2D eigenvalue weighted by Crippen LogP contribution is 2.32. The van der Waals surface area contributed by atoms with Gasteiger partial charge >= 0.3 is 12.0 Å². The summed E-state index contributed by atoms with van der Waals surface area (Å²) in [5, 5.41) is 7.58. The lowest BCUT2D eigenvalue weighted by Gasteiger charge is -2.41. The number of nitrogens with two attached hydrogens (primary N) is 1. The van der Waals surface area contributed by atoms with Crippen LogP contribution in [0.5, 0.6) is 0 Å². The van der Waals surface area contributed by atoms with E-state index in [4.69, 9.17) is 15.9 Å². The van der Waals surface area contributed by atoms with Crippen LogP contribution in [0.15, 0.2) is 54.6 Å². The van der Waals surface area contributed by atoms with Gasteiger partial charge in [0, 0.05) is 31.2 Å². The molecule has 0 atom stereocenters. The quantitative estimate of drug-likeness (QED) is 0.364. The topological polar surface area (TPSA) is 99.7 Å². The molecule has 0 radical (unpaired) electrons. The summed E-state index contributed by atoms with van der Waals surface area (Å²) in [5.41, 5.74) is 8.68. The van der Waals surface area contributed by atoms with Gasteiger partial charge in [-0.3, -0.25) is 10.2 Å². The molecule has 4 rings (SSSR count). The Morgan fingerprint density at radius 1 is 0.971 bits per heavy atom. The number of rotatable bonds is 6. The highest BCUT2D eigenvalue weighted by molar-refractivity contribution is 5.94. The van der Waals surface area contributed by atoms with E-state index < -0.39 is 0 Å². The molecule has 2 fully saturated rings. The summed E-state index contributed by atoms with van der Waals surface area (Å²) in [7, 11) is 1.45. The van der Waals surface area contributed by atoms with Crippen molar-refractivity contribution >= 4 is 17.8 Å². The molecule has 0 unspecified atom stereocenters. The van der Waals surface area contributed by atoms with Gasteiger partial charge in [-0.1, -0.05) is 54.6 Å². The lowest BCUT2D eigenvalue weighted by atomic mass is 9.85. The molecule has 0 spiro atoms. The van der Waals surface area contributed by atoms with E-state index in [1.807, 2.05) is 40.1 Å².